The van der Waals surface area contributed by atoms with E-state index in [0.717, 1.165) is 29.6 Å². The third-order valence-electron chi connectivity index (χ3n) is 2.61. The van der Waals surface area contributed by atoms with E-state index in [1.165, 1.54) is 0 Å². The third kappa shape index (κ3) is 1.56. The van der Waals surface area contributed by atoms with Crippen molar-refractivity contribution < 1.29 is 0 Å². The number of H-pyrrole nitrogens is 1. The number of nitrogens with two attached hydrogens (primary N) is 1. The minimum atomic E-state index is -0.0775. The largest absolute Gasteiger partial charge is 0.383 e. The zero-order chi connectivity index (χ0) is 11.9. The maximum Gasteiger partial charge on any atom is 0.182 e. The van der Waals surface area contributed by atoms with Crippen LogP contribution in [-0.2, 0) is 12.0 Å². The van der Waals surface area contributed by atoms with E-state index >= 15 is 0 Å². The molecule has 0 aromatic carbocycles. The average molecular weight is 221 g/mol. The predicted octanol–water partition coefficient (Wildman–Crippen LogP) is 2.05. The number of aromatic amines is 1. The molecule has 88 valence electrons. The number of hydrogen-bond acceptors (Lipinski definition) is 3. The summed E-state index contributed by atoms with van der Waals surface area (Å²) in [6, 6.07) is 0. The molecular formula is C11H19N5. The first-order valence-electron chi connectivity index (χ1n) is 5.67. The Kier molecular flexibility index (Phi) is 2.40. The van der Waals surface area contributed by atoms with Crippen molar-refractivity contribution in [3.63, 3.8) is 0 Å². The van der Waals surface area contributed by atoms with Crippen molar-refractivity contribution in [3.8, 4) is 0 Å². The summed E-state index contributed by atoms with van der Waals surface area (Å²) in [6.07, 6.45) is 1.99. The molecule has 3 N–H and O–H groups in total. The van der Waals surface area contributed by atoms with Crippen molar-refractivity contribution >= 4 is 16.9 Å². The first-order chi connectivity index (χ1) is 7.45. The molecule has 5 heteroatoms. The van der Waals surface area contributed by atoms with Crippen LogP contribution in [0.15, 0.2) is 0 Å². The van der Waals surface area contributed by atoms with Gasteiger partial charge in [0.1, 0.15) is 5.82 Å². The maximum atomic E-state index is 5.89. The summed E-state index contributed by atoms with van der Waals surface area (Å²) >= 11 is 0. The van der Waals surface area contributed by atoms with Crippen LogP contribution in [0.1, 0.15) is 39.8 Å². The van der Waals surface area contributed by atoms with Crippen LogP contribution in [0.2, 0.25) is 0 Å². The standard InChI is InChI=1S/C11H19N5/c1-5-6-7-8-9(12)13-14-10(8)16(15-7)11(2,3)4/h5-6H2,1-4H3,(H3,12,13,14). The van der Waals surface area contributed by atoms with Crippen molar-refractivity contribution in [3.05, 3.63) is 5.69 Å². The van der Waals surface area contributed by atoms with Crippen molar-refractivity contribution in [2.24, 2.45) is 0 Å². The van der Waals surface area contributed by atoms with E-state index in [1.54, 1.807) is 0 Å². The molecule has 0 amide bonds. The highest BCUT2D eigenvalue weighted by atomic mass is 15.4. The summed E-state index contributed by atoms with van der Waals surface area (Å²) in [4.78, 5) is 0. The summed E-state index contributed by atoms with van der Waals surface area (Å²) in [5, 5.41) is 12.7. The van der Waals surface area contributed by atoms with Gasteiger partial charge in [-0.1, -0.05) is 13.3 Å². The van der Waals surface area contributed by atoms with Gasteiger partial charge in [-0.2, -0.15) is 10.2 Å². The highest BCUT2D eigenvalue weighted by Gasteiger charge is 2.23. The minimum absolute atomic E-state index is 0.0775. The number of aromatic nitrogens is 4. The van der Waals surface area contributed by atoms with Crippen molar-refractivity contribution in [2.75, 3.05) is 5.73 Å². The van der Waals surface area contributed by atoms with Gasteiger partial charge in [-0.15, -0.1) is 0 Å². The number of nitrogens with zero attached hydrogens (tertiary/aromatic N) is 3. The third-order valence-corrected chi connectivity index (χ3v) is 2.61. The first-order valence-corrected chi connectivity index (χ1v) is 5.67. The fourth-order valence-electron chi connectivity index (χ4n) is 1.88. The summed E-state index contributed by atoms with van der Waals surface area (Å²) in [7, 11) is 0. The Morgan fingerprint density at radius 2 is 2.06 bits per heavy atom. The number of rotatable bonds is 2. The van der Waals surface area contributed by atoms with E-state index in [-0.39, 0.29) is 5.54 Å². The van der Waals surface area contributed by atoms with Crippen LogP contribution in [0.4, 0.5) is 5.82 Å². The summed E-state index contributed by atoms with van der Waals surface area (Å²) < 4.78 is 1.94. The van der Waals surface area contributed by atoms with Crippen molar-refractivity contribution in [1.29, 1.82) is 0 Å². The zero-order valence-corrected chi connectivity index (χ0v) is 10.3. The molecule has 0 aliphatic rings. The van der Waals surface area contributed by atoms with Gasteiger partial charge in [0.25, 0.3) is 0 Å². The summed E-state index contributed by atoms with van der Waals surface area (Å²) in [5.74, 6) is 0.619. The Bertz CT molecular complexity index is 500. The molecule has 16 heavy (non-hydrogen) atoms. The lowest BCUT2D eigenvalue weighted by Crippen LogP contribution is -2.23. The zero-order valence-electron chi connectivity index (χ0n) is 10.3. The molecule has 2 aromatic heterocycles. The normalized spacial score (nSPS) is 12.5. The van der Waals surface area contributed by atoms with E-state index < -0.39 is 0 Å². The van der Waals surface area contributed by atoms with Gasteiger partial charge in [-0.3, -0.25) is 5.10 Å². The minimum Gasteiger partial charge on any atom is -0.383 e. The number of nitrogens with one attached hydrogen (secondary N) is 1. The van der Waals surface area contributed by atoms with Gasteiger partial charge in [0.15, 0.2) is 5.65 Å². The van der Waals surface area contributed by atoms with E-state index in [0.29, 0.717) is 5.82 Å². The molecule has 0 atom stereocenters. The Balaban J connectivity index is 2.68. The predicted molar refractivity (Wildman–Crippen MR) is 65.3 cm³/mol. The van der Waals surface area contributed by atoms with Gasteiger partial charge < -0.3 is 5.73 Å². The van der Waals surface area contributed by atoms with Crippen LogP contribution in [0.5, 0.6) is 0 Å². The second kappa shape index (κ2) is 3.50. The topological polar surface area (TPSA) is 72.5 Å². The van der Waals surface area contributed by atoms with Gasteiger partial charge in [0, 0.05) is 0 Å². The number of fused-ring (bicyclic) bond motifs is 1. The van der Waals surface area contributed by atoms with Crippen molar-refractivity contribution in [1.82, 2.24) is 20.0 Å². The number of aryl methyl sites for hydroxylation is 1. The lowest BCUT2D eigenvalue weighted by molar-refractivity contribution is 0.362. The number of anilines is 1. The van der Waals surface area contributed by atoms with Gasteiger partial charge >= 0.3 is 0 Å². The van der Waals surface area contributed by atoms with Gasteiger partial charge in [-0.25, -0.2) is 4.68 Å². The Labute approximate surface area is 95.0 Å². The summed E-state index contributed by atoms with van der Waals surface area (Å²) in [5.41, 5.74) is 7.71. The molecule has 2 heterocycles. The number of hydrogen-bond donors (Lipinski definition) is 2. The van der Waals surface area contributed by atoms with Crippen LogP contribution in [-0.4, -0.2) is 20.0 Å². The second-order valence-corrected chi connectivity index (χ2v) is 5.12. The van der Waals surface area contributed by atoms with Crippen molar-refractivity contribution in [2.45, 2.75) is 46.1 Å². The molecule has 0 spiro atoms. The lowest BCUT2D eigenvalue weighted by Gasteiger charge is -2.19. The van der Waals surface area contributed by atoms with Gasteiger partial charge in [-0.05, 0) is 27.2 Å². The van der Waals surface area contributed by atoms with Gasteiger partial charge in [0.2, 0.25) is 0 Å². The Morgan fingerprint density at radius 1 is 1.38 bits per heavy atom. The van der Waals surface area contributed by atoms with Crippen LogP contribution >= 0.6 is 0 Å². The van der Waals surface area contributed by atoms with E-state index in [1.807, 2.05) is 4.68 Å². The van der Waals surface area contributed by atoms with Crippen LogP contribution in [0, 0.1) is 0 Å². The average Bonchev–Trinajstić information content (AvgIpc) is 2.68. The lowest BCUT2D eigenvalue weighted by atomic mass is 10.1. The fourth-order valence-corrected chi connectivity index (χ4v) is 1.88. The SMILES string of the molecule is CCCc1nn(C(C)(C)C)c2n[nH]c(N)c12. The monoisotopic (exact) mass is 221 g/mol. The molecule has 0 aliphatic heterocycles. The molecule has 2 aromatic rings. The molecular weight excluding hydrogens is 202 g/mol. The van der Waals surface area contributed by atoms with Crippen LogP contribution in [0.25, 0.3) is 11.0 Å². The first kappa shape index (κ1) is 11.0. The maximum absolute atomic E-state index is 5.89. The molecule has 0 fully saturated rings. The van der Waals surface area contributed by atoms with E-state index in [2.05, 4.69) is 43.0 Å². The highest BCUT2D eigenvalue weighted by molar-refractivity contribution is 5.89. The second-order valence-electron chi connectivity index (χ2n) is 5.12. The molecule has 0 bridgehead atoms. The Morgan fingerprint density at radius 3 is 2.62 bits per heavy atom. The molecule has 0 saturated carbocycles. The van der Waals surface area contributed by atoms with Gasteiger partial charge in [0.05, 0.1) is 16.6 Å². The molecule has 0 radical (unpaired) electrons. The molecule has 5 nitrogen and oxygen atoms in total. The van der Waals surface area contributed by atoms with Crippen LogP contribution in [0.3, 0.4) is 0 Å². The molecule has 0 aliphatic carbocycles. The number of nitrogen functional groups attached to an aromatic ring is 1. The van der Waals surface area contributed by atoms with E-state index in [9.17, 15) is 0 Å². The van der Waals surface area contributed by atoms with Crippen LogP contribution < -0.4 is 5.73 Å². The molecule has 0 unspecified atom stereocenters. The Hall–Kier alpha value is -1.52. The van der Waals surface area contributed by atoms with E-state index in [4.69, 9.17) is 5.73 Å². The fraction of sp³-hybridized carbons (Fsp3) is 0.636. The highest BCUT2D eigenvalue weighted by Crippen LogP contribution is 2.27. The smallest absolute Gasteiger partial charge is 0.182 e. The summed E-state index contributed by atoms with van der Waals surface area (Å²) in [6.45, 7) is 8.47. The molecule has 2 rings (SSSR count). The molecule has 0 saturated heterocycles. The quantitative estimate of drug-likeness (QED) is 0.815.